The zero-order valence-corrected chi connectivity index (χ0v) is 14.2. The Balaban J connectivity index is 0.00000264. The molecule has 0 fully saturated rings. The summed E-state index contributed by atoms with van der Waals surface area (Å²) < 4.78 is 14.9. The smallest absolute Gasteiger partial charge is 0.242 e. The van der Waals surface area contributed by atoms with Gasteiger partial charge in [0.1, 0.15) is 5.82 Å². The molecule has 1 amide bonds. The average Bonchev–Trinajstić information content (AvgIpc) is 2.86. The second kappa shape index (κ2) is 8.08. The zero-order chi connectivity index (χ0) is 16.3. The number of amides is 1. The summed E-state index contributed by atoms with van der Waals surface area (Å²) in [6.07, 6.45) is 0.825. The number of benzene rings is 1. The van der Waals surface area contributed by atoms with Crippen LogP contribution in [-0.2, 0) is 4.79 Å². The second-order valence-electron chi connectivity index (χ2n) is 5.46. The Morgan fingerprint density at radius 1 is 1.43 bits per heavy atom. The number of hydrogen-bond acceptors (Lipinski definition) is 3. The van der Waals surface area contributed by atoms with E-state index in [1.807, 2.05) is 20.8 Å². The van der Waals surface area contributed by atoms with Gasteiger partial charge in [-0.15, -0.1) is 17.5 Å². The highest BCUT2D eigenvalue weighted by Gasteiger charge is 2.20. The molecule has 1 aromatic heterocycles. The second-order valence-corrected chi connectivity index (χ2v) is 5.46. The van der Waals surface area contributed by atoms with Crippen LogP contribution in [0.1, 0.15) is 26.0 Å². The first-order valence-electron chi connectivity index (χ1n) is 7.31. The molecule has 7 heteroatoms. The predicted molar refractivity (Wildman–Crippen MR) is 91.6 cm³/mol. The van der Waals surface area contributed by atoms with Crippen LogP contribution < -0.4 is 11.1 Å². The summed E-state index contributed by atoms with van der Waals surface area (Å²) in [5.74, 6) is -0.105. The number of aryl methyl sites for hydroxylation is 1. The maximum atomic E-state index is 13.3. The molecule has 0 saturated heterocycles. The molecule has 2 atom stereocenters. The lowest BCUT2D eigenvalue weighted by molar-refractivity contribution is -0.118. The lowest BCUT2D eigenvalue weighted by Crippen LogP contribution is -2.40. The summed E-state index contributed by atoms with van der Waals surface area (Å²) in [5, 5.41) is 7.00. The summed E-state index contributed by atoms with van der Waals surface area (Å²) in [5.41, 5.74) is 7.29. The lowest BCUT2D eigenvalue weighted by atomic mass is 9.99. The van der Waals surface area contributed by atoms with Crippen LogP contribution in [0.3, 0.4) is 0 Å². The van der Waals surface area contributed by atoms with E-state index in [2.05, 4.69) is 10.4 Å². The van der Waals surface area contributed by atoms with Gasteiger partial charge in [0.15, 0.2) is 5.82 Å². The molecule has 0 radical (unpaired) electrons. The number of carbonyl (C=O) groups excluding carboxylic acids is 1. The van der Waals surface area contributed by atoms with Crippen LogP contribution in [0.4, 0.5) is 10.2 Å². The van der Waals surface area contributed by atoms with Gasteiger partial charge in [0.05, 0.1) is 11.7 Å². The number of nitrogens with two attached hydrogens (primary N) is 1. The standard InChI is InChI=1S/C16H21FN4O.ClH/c1-4-10(2)15(18)16(22)19-14-8-11(3)21(20-14)13-7-5-6-12(17)9-13;/h5-10,15H,4,18H2,1-3H3,(H,19,20,22);1H. The first kappa shape index (κ1) is 19.1. The Morgan fingerprint density at radius 3 is 2.74 bits per heavy atom. The number of rotatable bonds is 5. The number of anilines is 1. The van der Waals surface area contributed by atoms with Crippen molar-refractivity contribution in [3.63, 3.8) is 0 Å². The first-order valence-corrected chi connectivity index (χ1v) is 7.31. The molecule has 0 aliphatic rings. The van der Waals surface area contributed by atoms with Crippen molar-refractivity contribution in [2.24, 2.45) is 11.7 Å². The molecule has 3 N–H and O–H groups in total. The fraction of sp³-hybridized carbons (Fsp3) is 0.375. The monoisotopic (exact) mass is 340 g/mol. The van der Waals surface area contributed by atoms with E-state index >= 15 is 0 Å². The Bertz CT molecular complexity index is 674. The number of nitrogens with one attached hydrogen (secondary N) is 1. The minimum Gasteiger partial charge on any atom is -0.320 e. The van der Waals surface area contributed by atoms with Crippen LogP contribution in [-0.4, -0.2) is 21.7 Å². The molecular formula is C16H22ClFN4O. The molecule has 23 heavy (non-hydrogen) atoms. The molecule has 0 aliphatic heterocycles. The Hall–Kier alpha value is -1.92. The summed E-state index contributed by atoms with van der Waals surface area (Å²) in [4.78, 5) is 12.1. The fourth-order valence-electron chi connectivity index (χ4n) is 2.13. The molecule has 1 aromatic carbocycles. The van der Waals surface area contributed by atoms with E-state index < -0.39 is 6.04 Å². The summed E-state index contributed by atoms with van der Waals surface area (Å²) in [6, 6.07) is 7.27. The van der Waals surface area contributed by atoms with Gasteiger partial charge < -0.3 is 11.1 Å². The molecule has 2 aromatic rings. The molecule has 0 spiro atoms. The number of aromatic nitrogens is 2. The van der Waals surface area contributed by atoms with E-state index in [4.69, 9.17) is 5.73 Å². The van der Waals surface area contributed by atoms with Crippen LogP contribution in [0.15, 0.2) is 30.3 Å². The largest absolute Gasteiger partial charge is 0.320 e. The minimum absolute atomic E-state index is 0. The normalized spacial score (nSPS) is 13.1. The van der Waals surface area contributed by atoms with Crippen molar-refractivity contribution >= 4 is 24.1 Å². The molecule has 0 saturated carbocycles. The van der Waals surface area contributed by atoms with E-state index in [9.17, 15) is 9.18 Å². The molecule has 0 aliphatic carbocycles. The number of nitrogens with zero attached hydrogens (tertiary/aromatic N) is 2. The van der Waals surface area contributed by atoms with Gasteiger partial charge in [0.2, 0.25) is 5.91 Å². The van der Waals surface area contributed by atoms with Gasteiger partial charge in [-0.25, -0.2) is 9.07 Å². The Kier molecular flexibility index (Phi) is 6.72. The van der Waals surface area contributed by atoms with E-state index in [1.54, 1.807) is 22.9 Å². The summed E-state index contributed by atoms with van der Waals surface area (Å²) >= 11 is 0. The summed E-state index contributed by atoms with van der Waals surface area (Å²) in [7, 11) is 0. The van der Waals surface area contributed by atoms with Crippen molar-refractivity contribution < 1.29 is 9.18 Å². The third-order valence-electron chi connectivity index (χ3n) is 3.75. The van der Waals surface area contributed by atoms with Gasteiger partial charge in [0.25, 0.3) is 0 Å². The van der Waals surface area contributed by atoms with Gasteiger partial charge in [-0.05, 0) is 31.0 Å². The van der Waals surface area contributed by atoms with Crippen molar-refractivity contribution in [2.75, 3.05) is 5.32 Å². The van der Waals surface area contributed by atoms with E-state index in [0.717, 1.165) is 12.1 Å². The zero-order valence-electron chi connectivity index (χ0n) is 13.4. The topological polar surface area (TPSA) is 72.9 Å². The van der Waals surface area contributed by atoms with Crippen molar-refractivity contribution in [3.8, 4) is 5.69 Å². The van der Waals surface area contributed by atoms with Crippen molar-refractivity contribution in [3.05, 3.63) is 41.8 Å². The third-order valence-corrected chi connectivity index (χ3v) is 3.75. The maximum Gasteiger partial charge on any atom is 0.242 e. The number of hydrogen-bond donors (Lipinski definition) is 2. The van der Waals surface area contributed by atoms with Gasteiger partial charge in [-0.2, -0.15) is 0 Å². The van der Waals surface area contributed by atoms with Gasteiger partial charge >= 0.3 is 0 Å². The highest BCUT2D eigenvalue weighted by molar-refractivity contribution is 5.94. The van der Waals surface area contributed by atoms with Crippen molar-refractivity contribution in [2.45, 2.75) is 33.2 Å². The number of halogens is 2. The molecule has 2 rings (SSSR count). The highest BCUT2D eigenvalue weighted by Crippen LogP contribution is 2.16. The first-order chi connectivity index (χ1) is 10.4. The van der Waals surface area contributed by atoms with Crippen LogP contribution >= 0.6 is 12.4 Å². The van der Waals surface area contributed by atoms with Crippen LogP contribution in [0.5, 0.6) is 0 Å². The molecule has 1 heterocycles. The quantitative estimate of drug-likeness (QED) is 0.878. The Morgan fingerprint density at radius 2 is 2.13 bits per heavy atom. The van der Waals surface area contributed by atoms with Crippen LogP contribution in [0.2, 0.25) is 0 Å². The van der Waals surface area contributed by atoms with Crippen molar-refractivity contribution in [1.82, 2.24) is 9.78 Å². The van der Waals surface area contributed by atoms with Crippen molar-refractivity contribution in [1.29, 1.82) is 0 Å². The van der Waals surface area contributed by atoms with E-state index in [0.29, 0.717) is 11.5 Å². The van der Waals surface area contributed by atoms with Gasteiger partial charge in [-0.1, -0.05) is 26.3 Å². The average molecular weight is 341 g/mol. The van der Waals surface area contributed by atoms with Gasteiger partial charge in [0, 0.05) is 11.8 Å². The highest BCUT2D eigenvalue weighted by atomic mass is 35.5. The Labute approximate surface area is 141 Å². The fourth-order valence-corrected chi connectivity index (χ4v) is 2.13. The van der Waals surface area contributed by atoms with E-state index in [-0.39, 0.29) is 30.0 Å². The van der Waals surface area contributed by atoms with E-state index in [1.165, 1.54) is 12.1 Å². The van der Waals surface area contributed by atoms with Gasteiger partial charge in [-0.3, -0.25) is 4.79 Å². The molecule has 126 valence electrons. The predicted octanol–water partition coefficient (Wildman–Crippen LogP) is 3.05. The maximum absolute atomic E-state index is 13.3. The SMILES string of the molecule is CCC(C)C(N)C(=O)Nc1cc(C)n(-c2cccc(F)c2)n1.Cl. The lowest BCUT2D eigenvalue weighted by Gasteiger charge is -2.16. The molecule has 2 unspecified atom stereocenters. The minimum atomic E-state index is -0.579. The molecule has 5 nitrogen and oxygen atoms in total. The summed E-state index contributed by atoms with van der Waals surface area (Å²) in [6.45, 7) is 5.75. The third kappa shape index (κ3) is 4.53. The number of carbonyl (C=O) groups is 1. The molecular weight excluding hydrogens is 319 g/mol. The van der Waals surface area contributed by atoms with Crippen LogP contribution in [0.25, 0.3) is 5.69 Å². The van der Waals surface area contributed by atoms with Crippen LogP contribution in [0, 0.1) is 18.7 Å². The molecule has 0 bridgehead atoms.